The summed E-state index contributed by atoms with van der Waals surface area (Å²) in [5.41, 5.74) is 3.38. The number of carbonyl (C=O) groups is 2. The van der Waals surface area contributed by atoms with E-state index in [4.69, 9.17) is 4.74 Å². The normalized spacial score (nSPS) is 13.7. The van der Waals surface area contributed by atoms with Gasteiger partial charge >= 0.3 is 5.97 Å². The van der Waals surface area contributed by atoms with Crippen molar-refractivity contribution in [2.75, 3.05) is 13.2 Å². The summed E-state index contributed by atoms with van der Waals surface area (Å²) < 4.78 is 5.04. The lowest BCUT2D eigenvalue weighted by molar-refractivity contribution is 0.0513. The number of fused-ring (bicyclic) bond motifs is 2. The molecule has 25 heavy (non-hydrogen) atoms. The van der Waals surface area contributed by atoms with E-state index in [2.05, 4.69) is 15.2 Å². The number of H-pyrrole nitrogens is 2. The number of carbonyl (C=O) groups excluding carboxylic acids is 2. The van der Waals surface area contributed by atoms with Gasteiger partial charge in [0.1, 0.15) is 5.69 Å². The lowest BCUT2D eigenvalue weighted by Crippen LogP contribution is -2.36. The Hall–Kier alpha value is -3.09. The number of rotatable bonds is 3. The van der Waals surface area contributed by atoms with Crippen LogP contribution in [0.4, 0.5) is 0 Å². The summed E-state index contributed by atoms with van der Waals surface area (Å²) in [7, 11) is 0. The maximum Gasteiger partial charge on any atom is 0.359 e. The van der Waals surface area contributed by atoms with E-state index in [1.54, 1.807) is 11.8 Å². The molecule has 4 rings (SSSR count). The number of amides is 1. The highest BCUT2D eigenvalue weighted by Gasteiger charge is 2.29. The largest absolute Gasteiger partial charge is 0.461 e. The van der Waals surface area contributed by atoms with Crippen molar-refractivity contribution in [2.45, 2.75) is 19.9 Å². The summed E-state index contributed by atoms with van der Waals surface area (Å²) in [5, 5.41) is 7.96. The monoisotopic (exact) mass is 338 g/mol. The smallest absolute Gasteiger partial charge is 0.359 e. The van der Waals surface area contributed by atoms with Crippen LogP contribution in [0, 0.1) is 0 Å². The third-order valence-electron chi connectivity index (χ3n) is 4.45. The zero-order chi connectivity index (χ0) is 17.4. The molecule has 0 aliphatic carbocycles. The van der Waals surface area contributed by atoms with E-state index >= 15 is 0 Å². The Bertz CT molecular complexity index is 923. The molecule has 1 aromatic carbocycles. The Labute approximate surface area is 144 Å². The molecular formula is C18H18N4O3. The van der Waals surface area contributed by atoms with Crippen molar-refractivity contribution in [3.8, 4) is 0 Å². The molecule has 1 amide bonds. The van der Waals surface area contributed by atoms with Gasteiger partial charge in [0.05, 0.1) is 13.2 Å². The second-order valence-corrected chi connectivity index (χ2v) is 6.00. The van der Waals surface area contributed by atoms with Gasteiger partial charge < -0.3 is 14.6 Å². The molecule has 2 N–H and O–H groups in total. The molecule has 7 nitrogen and oxygen atoms in total. The van der Waals surface area contributed by atoms with Gasteiger partial charge in [-0.15, -0.1) is 0 Å². The van der Waals surface area contributed by atoms with E-state index in [1.165, 1.54) is 0 Å². The van der Waals surface area contributed by atoms with Gasteiger partial charge in [-0.3, -0.25) is 9.89 Å². The Balaban J connectivity index is 1.60. The molecule has 3 aromatic rings. The average molecular weight is 338 g/mol. The van der Waals surface area contributed by atoms with Gasteiger partial charge in [-0.25, -0.2) is 4.79 Å². The minimum atomic E-state index is -0.458. The van der Waals surface area contributed by atoms with E-state index in [-0.39, 0.29) is 18.2 Å². The van der Waals surface area contributed by atoms with E-state index in [9.17, 15) is 9.59 Å². The highest BCUT2D eigenvalue weighted by Crippen LogP contribution is 2.23. The summed E-state index contributed by atoms with van der Waals surface area (Å²) in [4.78, 5) is 29.8. The van der Waals surface area contributed by atoms with Crippen molar-refractivity contribution in [3.05, 3.63) is 53.0 Å². The average Bonchev–Trinajstić information content (AvgIpc) is 3.24. The van der Waals surface area contributed by atoms with Crippen molar-refractivity contribution in [1.82, 2.24) is 20.1 Å². The van der Waals surface area contributed by atoms with Crippen LogP contribution in [-0.4, -0.2) is 45.1 Å². The fourth-order valence-electron chi connectivity index (χ4n) is 3.20. The van der Waals surface area contributed by atoms with Crippen molar-refractivity contribution in [2.24, 2.45) is 0 Å². The van der Waals surface area contributed by atoms with Crippen LogP contribution < -0.4 is 0 Å². The first-order valence-electron chi connectivity index (χ1n) is 8.27. The van der Waals surface area contributed by atoms with Crippen molar-refractivity contribution < 1.29 is 14.3 Å². The number of aromatic nitrogens is 3. The molecule has 128 valence electrons. The van der Waals surface area contributed by atoms with Crippen molar-refractivity contribution >= 4 is 22.8 Å². The van der Waals surface area contributed by atoms with E-state index in [1.807, 2.05) is 30.3 Å². The molecule has 0 fully saturated rings. The number of aromatic amines is 2. The molecule has 0 atom stereocenters. The first-order chi connectivity index (χ1) is 12.2. The van der Waals surface area contributed by atoms with Crippen LogP contribution in [0.2, 0.25) is 0 Å². The number of hydrogen-bond acceptors (Lipinski definition) is 4. The standard InChI is InChI=1S/C18H18N4O3/c1-2-25-18(24)16-12-10-22(8-7-14(12)20-21-16)17(23)15-9-11-5-3-4-6-13(11)19-15/h3-6,9,19H,2,7-8,10H2,1H3,(H,20,21). The third kappa shape index (κ3) is 2.67. The molecule has 0 bridgehead atoms. The fourth-order valence-corrected chi connectivity index (χ4v) is 3.20. The van der Waals surface area contributed by atoms with Gasteiger partial charge in [-0.1, -0.05) is 18.2 Å². The number of nitrogens with zero attached hydrogens (tertiary/aromatic N) is 2. The molecule has 3 heterocycles. The Morgan fingerprint density at radius 1 is 1.32 bits per heavy atom. The molecule has 1 aliphatic heterocycles. The van der Waals surface area contributed by atoms with Gasteiger partial charge in [-0.2, -0.15) is 5.10 Å². The third-order valence-corrected chi connectivity index (χ3v) is 4.45. The first kappa shape index (κ1) is 15.4. The molecule has 0 spiro atoms. The quantitative estimate of drug-likeness (QED) is 0.717. The van der Waals surface area contributed by atoms with Gasteiger partial charge in [0.25, 0.3) is 5.91 Å². The molecule has 7 heteroatoms. The zero-order valence-electron chi connectivity index (χ0n) is 13.8. The number of esters is 1. The van der Waals surface area contributed by atoms with Gasteiger partial charge in [0, 0.05) is 35.1 Å². The minimum Gasteiger partial charge on any atom is -0.461 e. The summed E-state index contributed by atoms with van der Waals surface area (Å²) >= 11 is 0. The number of nitrogens with one attached hydrogen (secondary N) is 2. The Morgan fingerprint density at radius 3 is 2.96 bits per heavy atom. The predicted molar refractivity (Wildman–Crippen MR) is 91.3 cm³/mol. The van der Waals surface area contributed by atoms with Crippen molar-refractivity contribution in [1.29, 1.82) is 0 Å². The Kier molecular flexibility index (Phi) is 3.76. The van der Waals surface area contributed by atoms with Crippen LogP contribution in [0.1, 0.15) is 39.2 Å². The number of para-hydroxylation sites is 1. The highest BCUT2D eigenvalue weighted by molar-refractivity contribution is 5.98. The van der Waals surface area contributed by atoms with Crippen LogP contribution in [0.25, 0.3) is 10.9 Å². The van der Waals surface area contributed by atoms with Crippen molar-refractivity contribution in [3.63, 3.8) is 0 Å². The lowest BCUT2D eigenvalue weighted by atomic mass is 10.0. The number of ether oxygens (including phenoxy) is 1. The maximum atomic E-state index is 12.9. The first-order valence-corrected chi connectivity index (χ1v) is 8.27. The lowest BCUT2D eigenvalue weighted by Gasteiger charge is -2.26. The summed E-state index contributed by atoms with van der Waals surface area (Å²) in [6.45, 7) is 2.96. The topological polar surface area (TPSA) is 91.1 Å². The van der Waals surface area contributed by atoms with Gasteiger partial charge in [0.15, 0.2) is 5.69 Å². The molecule has 0 saturated carbocycles. The molecule has 0 radical (unpaired) electrons. The van der Waals surface area contributed by atoms with Crippen LogP contribution in [-0.2, 0) is 17.7 Å². The molecule has 1 aliphatic rings. The van der Waals surface area contributed by atoms with E-state index in [0.29, 0.717) is 25.2 Å². The fraction of sp³-hybridized carbons (Fsp3) is 0.278. The molecule has 0 saturated heterocycles. The number of benzene rings is 1. The van der Waals surface area contributed by atoms with Crippen LogP contribution >= 0.6 is 0 Å². The summed E-state index contributed by atoms with van der Waals surface area (Å²) in [6, 6.07) is 9.63. The second-order valence-electron chi connectivity index (χ2n) is 6.00. The second kappa shape index (κ2) is 6.08. The molecule has 0 unspecified atom stereocenters. The SMILES string of the molecule is CCOC(=O)c1n[nH]c2c1CN(C(=O)c1cc3ccccc3[nH]1)CC2. The Morgan fingerprint density at radius 2 is 2.16 bits per heavy atom. The number of hydrogen-bond donors (Lipinski definition) is 2. The van der Waals surface area contributed by atoms with Gasteiger partial charge in [0.2, 0.25) is 0 Å². The minimum absolute atomic E-state index is 0.0853. The molecule has 2 aromatic heterocycles. The summed E-state index contributed by atoms with van der Waals surface area (Å²) in [6.07, 6.45) is 0.633. The zero-order valence-corrected chi connectivity index (χ0v) is 13.8. The van der Waals surface area contributed by atoms with Crippen LogP contribution in [0.5, 0.6) is 0 Å². The van der Waals surface area contributed by atoms with Crippen LogP contribution in [0.3, 0.4) is 0 Å². The highest BCUT2D eigenvalue weighted by atomic mass is 16.5. The van der Waals surface area contributed by atoms with E-state index < -0.39 is 5.97 Å². The van der Waals surface area contributed by atoms with Crippen LogP contribution in [0.15, 0.2) is 30.3 Å². The van der Waals surface area contributed by atoms with E-state index in [0.717, 1.165) is 22.2 Å². The van der Waals surface area contributed by atoms with Gasteiger partial charge in [-0.05, 0) is 19.1 Å². The predicted octanol–water partition coefficient (Wildman–Crippen LogP) is 2.27. The summed E-state index contributed by atoms with van der Waals surface area (Å²) in [5.74, 6) is -0.544. The maximum absolute atomic E-state index is 12.9. The molecular weight excluding hydrogens is 320 g/mol.